The molecule has 1 heterocycles. The Morgan fingerprint density at radius 2 is 1.94 bits per heavy atom. The number of fused-ring (bicyclic) bond motifs is 3. The van der Waals surface area contributed by atoms with Crippen LogP contribution >= 0.6 is 0 Å². The van der Waals surface area contributed by atoms with E-state index in [-0.39, 0.29) is 46.9 Å². The molecule has 10 heteroatoms. The number of ketones is 1. The second kappa shape index (κ2) is 8.53. The quantitative estimate of drug-likeness (QED) is 0.511. The maximum Gasteiger partial charge on any atom is 0.425 e. The second-order valence-electron chi connectivity index (χ2n) is 8.46. The molecular weight excluding hydrogens is 451 g/mol. The van der Waals surface area contributed by atoms with Crippen LogP contribution in [0.2, 0.25) is 0 Å². The van der Waals surface area contributed by atoms with Crippen molar-refractivity contribution in [2.75, 3.05) is 20.2 Å². The predicted octanol–water partition coefficient (Wildman–Crippen LogP) is 3.08. The zero-order chi connectivity index (χ0) is 24.8. The van der Waals surface area contributed by atoms with Gasteiger partial charge in [-0.3, -0.25) is 14.4 Å². The van der Waals surface area contributed by atoms with Crippen LogP contribution in [-0.4, -0.2) is 63.3 Å². The van der Waals surface area contributed by atoms with E-state index < -0.39 is 18.0 Å². The third kappa shape index (κ3) is 3.97. The number of aliphatic hydroxyl groups is 2. The summed E-state index contributed by atoms with van der Waals surface area (Å²) >= 11 is 0. The fourth-order valence-corrected chi connectivity index (χ4v) is 4.28. The van der Waals surface area contributed by atoms with Crippen molar-refractivity contribution < 1.29 is 32.9 Å². The molecule has 0 fully saturated rings. The van der Waals surface area contributed by atoms with Gasteiger partial charge >= 0.3 is 6.18 Å². The van der Waals surface area contributed by atoms with Gasteiger partial charge in [0.2, 0.25) is 5.60 Å². The maximum absolute atomic E-state index is 14.3. The number of Topliss-reactive ketones (excluding diaryl/α,β-unsaturated/α-hetero) is 1. The summed E-state index contributed by atoms with van der Waals surface area (Å²) in [6.07, 6.45) is -3.00. The molecule has 3 aromatic rings. The van der Waals surface area contributed by atoms with Crippen molar-refractivity contribution in [2.45, 2.75) is 24.9 Å². The van der Waals surface area contributed by atoms with Gasteiger partial charge in [-0.1, -0.05) is 24.3 Å². The predicted molar refractivity (Wildman–Crippen MR) is 118 cm³/mol. The van der Waals surface area contributed by atoms with Crippen LogP contribution in [0.1, 0.15) is 18.1 Å². The number of benzene rings is 2. The van der Waals surface area contributed by atoms with Crippen molar-refractivity contribution in [2.24, 2.45) is 7.05 Å². The minimum absolute atomic E-state index is 0.0151. The smallest absolute Gasteiger partial charge is 0.425 e. The number of alkyl halides is 3. The molecular formula is C24H24F3N3O4. The van der Waals surface area contributed by atoms with Gasteiger partial charge in [0, 0.05) is 29.9 Å². The number of aryl methyl sites for hydroxylation is 1. The minimum atomic E-state index is -5.00. The van der Waals surface area contributed by atoms with Crippen LogP contribution in [0, 0.1) is 0 Å². The summed E-state index contributed by atoms with van der Waals surface area (Å²) in [5, 5.41) is 25.5. The van der Waals surface area contributed by atoms with E-state index in [4.69, 9.17) is 4.74 Å². The normalized spacial score (nSPS) is 18.0. The monoisotopic (exact) mass is 475 g/mol. The molecule has 1 unspecified atom stereocenters. The number of likely N-dealkylation sites (N-methyl/N-ethyl adjacent to an activating group) is 1. The highest BCUT2D eigenvalue weighted by Crippen LogP contribution is 2.58. The molecule has 0 saturated heterocycles. The number of carbonyl (C=O) groups excluding carboxylic acids is 1. The van der Waals surface area contributed by atoms with E-state index in [0.29, 0.717) is 11.1 Å². The number of aromatic nitrogens is 2. The molecule has 0 spiro atoms. The first-order chi connectivity index (χ1) is 15.9. The fourth-order valence-electron chi connectivity index (χ4n) is 4.28. The van der Waals surface area contributed by atoms with E-state index >= 15 is 0 Å². The van der Waals surface area contributed by atoms with Crippen molar-refractivity contribution in [1.82, 2.24) is 14.7 Å². The van der Waals surface area contributed by atoms with Crippen molar-refractivity contribution in [3.63, 3.8) is 0 Å². The first kappa shape index (κ1) is 23.9. The van der Waals surface area contributed by atoms with Crippen LogP contribution in [0.5, 0.6) is 5.75 Å². The van der Waals surface area contributed by atoms with Gasteiger partial charge in [-0.25, -0.2) is 0 Å². The summed E-state index contributed by atoms with van der Waals surface area (Å²) in [5.74, 6) is -0.130. The number of halogens is 3. The molecule has 1 aromatic heterocycles. The molecule has 1 aliphatic carbocycles. The third-order valence-electron chi connectivity index (χ3n) is 5.89. The van der Waals surface area contributed by atoms with Crippen LogP contribution in [0.4, 0.5) is 13.2 Å². The average molecular weight is 475 g/mol. The molecule has 0 amide bonds. The van der Waals surface area contributed by atoms with Crippen LogP contribution < -0.4 is 4.74 Å². The highest BCUT2D eigenvalue weighted by molar-refractivity contribution is 5.93. The molecule has 0 radical (unpaired) electrons. The molecule has 2 aromatic carbocycles. The van der Waals surface area contributed by atoms with Crippen LogP contribution in [0.3, 0.4) is 0 Å². The summed E-state index contributed by atoms with van der Waals surface area (Å²) in [4.78, 5) is 12.7. The Morgan fingerprint density at radius 1 is 1.24 bits per heavy atom. The summed E-state index contributed by atoms with van der Waals surface area (Å²) in [5.41, 5.74) is -2.40. The lowest BCUT2D eigenvalue weighted by molar-refractivity contribution is -0.246. The van der Waals surface area contributed by atoms with Gasteiger partial charge in [-0.05, 0) is 42.8 Å². The molecule has 0 bridgehead atoms. The van der Waals surface area contributed by atoms with Gasteiger partial charge in [-0.15, -0.1) is 0 Å². The van der Waals surface area contributed by atoms with Crippen molar-refractivity contribution >= 4 is 5.78 Å². The first-order valence-electron chi connectivity index (χ1n) is 10.5. The molecule has 2 atom stereocenters. The molecule has 180 valence electrons. The molecule has 1 aliphatic rings. The van der Waals surface area contributed by atoms with E-state index in [1.807, 2.05) is 0 Å². The fraction of sp³-hybridized carbons (Fsp3) is 0.333. The summed E-state index contributed by atoms with van der Waals surface area (Å²) in [7, 11) is 3.21. The highest BCUT2D eigenvalue weighted by Gasteiger charge is 2.61. The Hall–Kier alpha value is -3.21. The summed E-state index contributed by atoms with van der Waals surface area (Å²) < 4.78 is 50.2. The standard InChI is InChI=1S/C24H24F3N3O4/c1-14(31)11-29(2)21(32)13-34-16-8-18(15-10-28-30(3)12-15)22-17-6-4-5-7-19(17)23(33,20(22)9-16)24(25,26)27/h4-10,12,21,32-33H,11,13H2,1-3H3/t21-,23?/m1/s1. The molecule has 2 N–H and O–H groups in total. The number of ether oxygens (including phenoxy) is 1. The van der Waals surface area contributed by atoms with Gasteiger partial charge in [0.1, 0.15) is 24.4 Å². The average Bonchev–Trinajstić information content (AvgIpc) is 3.31. The zero-order valence-corrected chi connectivity index (χ0v) is 18.8. The number of hydrogen-bond donors (Lipinski definition) is 2. The van der Waals surface area contributed by atoms with Gasteiger partial charge in [0.15, 0.2) is 0 Å². The Morgan fingerprint density at radius 3 is 2.56 bits per heavy atom. The number of nitrogens with zero attached hydrogens (tertiary/aromatic N) is 3. The first-order valence-corrected chi connectivity index (χ1v) is 10.5. The Kier molecular flexibility index (Phi) is 6.01. The molecule has 0 aliphatic heterocycles. The van der Waals surface area contributed by atoms with E-state index in [9.17, 15) is 28.2 Å². The van der Waals surface area contributed by atoms with Gasteiger partial charge < -0.3 is 14.9 Å². The molecule has 4 rings (SSSR count). The lowest BCUT2D eigenvalue weighted by atomic mass is 9.89. The number of carbonyl (C=O) groups is 1. The number of hydrogen-bond acceptors (Lipinski definition) is 6. The van der Waals surface area contributed by atoms with E-state index in [1.165, 1.54) is 41.9 Å². The lowest BCUT2D eigenvalue weighted by Crippen LogP contribution is -2.41. The SMILES string of the molecule is CC(=O)CN(C)[C@H](O)COc1cc(-c2cnn(C)c2)c2c(c1)C(O)(C(F)(F)F)c1ccccc1-2. The molecule has 7 nitrogen and oxygen atoms in total. The molecule has 34 heavy (non-hydrogen) atoms. The minimum Gasteiger partial charge on any atom is -0.489 e. The van der Waals surface area contributed by atoms with E-state index in [0.717, 1.165) is 6.07 Å². The number of rotatable bonds is 7. The van der Waals surface area contributed by atoms with Gasteiger partial charge in [-0.2, -0.15) is 18.3 Å². The van der Waals surface area contributed by atoms with Crippen LogP contribution in [-0.2, 0) is 17.4 Å². The van der Waals surface area contributed by atoms with Crippen molar-refractivity contribution in [3.8, 4) is 28.0 Å². The second-order valence-corrected chi connectivity index (χ2v) is 8.46. The lowest BCUT2D eigenvalue weighted by Gasteiger charge is -2.29. The molecule has 0 saturated carbocycles. The third-order valence-corrected chi connectivity index (χ3v) is 5.89. The number of aliphatic hydroxyl groups excluding tert-OH is 1. The van der Waals surface area contributed by atoms with E-state index in [2.05, 4.69) is 5.10 Å². The van der Waals surface area contributed by atoms with Crippen molar-refractivity contribution in [3.05, 3.63) is 59.9 Å². The van der Waals surface area contributed by atoms with Gasteiger partial charge in [0.25, 0.3) is 0 Å². The van der Waals surface area contributed by atoms with Crippen LogP contribution in [0.15, 0.2) is 48.8 Å². The Bertz CT molecular complexity index is 1240. The largest absolute Gasteiger partial charge is 0.489 e. The zero-order valence-electron chi connectivity index (χ0n) is 18.8. The summed E-state index contributed by atoms with van der Waals surface area (Å²) in [6.45, 7) is 1.06. The van der Waals surface area contributed by atoms with Crippen molar-refractivity contribution in [1.29, 1.82) is 0 Å². The summed E-state index contributed by atoms with van der Waals surface area (Å²) in [6, 6.07) is 8.58. The van der Waals surface area contributed by atoms with E-state index in [1.54, 1.807) is 31.4 Å². The Labute approximate surface area is 194 Å². The van der Waals surface area contributed by atoms with Crippen LogP contribution in [0.25, 0.3) is 22.3 Å². The van der Waals surface area contributed by atoms with Gasteiger partial charge in [0.05, 0.1) is 12.7 Å². The Balaban J connectivity index is 1.85. The topological polar surface area (TPSA) is 87.8 Å². The maximum atomic E-state index is 14.3. The highest BCUT2D eigenvalue weighted by atomic mass is 19.4.